The molecule has 0 aliphatic carbocycles. The average molecular weight is 215 g/mol. The molecule has 15 heavy (non-hydrogen) atoms. The maximum Gasteiger partial charge on any atom is 0.0568 e. The number of hydrogen-bond donors (Lipinski definition) is 2. The fourth-order valence-corrected chi connectivity index (χ4v) is 2.72. The van der Waals surface area contributed by atoms with Crippen LogP contribution in [0.15, 0.2) is 0 Å². The van der Waals surface area contributed by atoms with Crippen LogP contribution in [0.1, 0.15) is 46.5 Å². The largest absolute Gasteiger partial charge is 0.396 e. The smallest absolute Gasteiger partial charge is 0.0568 e. The Morgan fingerprint density at radius 3 is 2.40 bits per heavy atom. The van der Waals surface area contributed by atoms with Crippen molar-refractivity contribution in [3.05, 3.63) is 0 Å². The molecule has 1 saturated heterocycles. The molecular weight excluding hydrogens is 190 g/mol. The van der Waals surface area contributed by atoms with Crippen LogP contribution in [0.4, 0.5) is 0 Å². The van der Waals surface area contributed by atoms with Crippen LogP contribution in [-0.2, 0) is 4.74 Å². The molecule has 1 heterocycles. The zero-order chi connectivity index (χ0) is 11.3. The van der Waals surface area contributed by atoms with Gasteiger partial charge >= 0.3 is 0 Å². The summed E-state index contributed by atoms with van der Waals surface area (Å²) in [5, 5.41) is 12.8. The molecule has 0 amide bonds. The zero-order valence-electron chi connectivity index (χ0n) is 10.3. The van der Waals surface area contributed by atoms with Gasteiger partial charge in [0, 0.05) is 12.1 Å². The number of hydrogen-bond acceptors (Lipinski definition) is 3. The molecule has 1 aliphatic rings. The lowest BCUT2D eigenvalue weighted by Gasteiger charge is -2.43. The van der Waals surface area contributed by atoms with E-state index in [0.717, 1.165) is 32.2 Å². The predicted molar refractivity (Wildman–Crippen MR) is 62.0 cm³/mol. The predicted octanol–water partition coefficient (Wildman–Crippen LogP) is 1.69. The van der Waals surface area contributed by atoms with Gasteiger partial charge in [-0.1, -0.05) is 6.92 Å². The van der Waals surface area contributed by atoms with Gasteiger partial charge in [-0.05, 0) is 46.1 Å². The molecule has 2 unspecified atom stereocenters. The lowest BCUT2D eigenvalue weighted by molar-refractivity contribution is -0.0736. The number of nitrogens with one attached hydrogen (secondary N) is 1. The van der Waals surface area contributed by atoms with Crippen LogP contribution in [0.25, 0.3) is 0 Å². The van der Waals surface area contributed by atoms with E-state index in [4.69, 9.17) is 4.74 Å². The summed E-state index contributed by atoms with van der Waals surface area (Å²) in [6, 6.07) is 0. The Morgan fingerprint density at radius 2 is 1.93 bits per heavy atom. The monoisotopic (exact) mass is 215 g/mol. The van der Waals surface area contributed by atoms with Crippen molar-refractivity contribution < 1.29 is 9.84 Å². The fraction of sp³-hybridized carbons (Fsp3) is 1.00. The van der Waals surface area contributed by atoms with Gasteiger partial charge < -0.3 is 15.2 Å². The van der Waals surface area contributed by atoms with Crippen molar-refractivity contribution in [2.45, 2.75) is 64.2 Å². The Hall–Kier alpha value is -0.120. The van der Waals surface area contributed by atoms with Crippen LogP contribution in [0, 0.1) is 0 Å². The summed E-state index contributed by atoms with van der Waals surface area (Å²) in [5.41, 5.74) is 0.0991. The van der Waals surface area contributed by atoms with E-state index in [1.807, 2.05) is 0 Å². The maximum absolute atomic E-state index is 9.17. The van der Waals surface area contributed by atoms with Crippen molar-refractivity contribution in [3.8, 4) is 0 Å². The Balaban J connectivity index is 2.60. The third-order valence-corrected chi connectivity index (χ3v) is 3.16. The zero-order valence-corrected chi connectivity index (χ0v) is 10.3. The summed E-state index contributed by atoms with van der Waals surface area (Å²) in [7, 11) is 0. The second kappa shape index (κ2) is 5.83. The Kier molecular flexibility index (Phi) is 5.03. The molecule has 3 nitrogen and oxygen atoms in total. The normalized spacial score (nSPS) is 36.8. The van der Waals surface area contributed by atoms with E-state index >= 15 is 0 Å². The minimum Gasteiger partial charge on any atom is -0.396 e. The fourth-order valence-electron chi connectivity index (χ4n) is 2.72. The number of ether oxygens (including phenoxy) is 1. The van der Waals surface area contributed by atoms with Crippen LogP contribution in [-0.4, -0.2) is 36.0 Å². The molecule has 2 atom stereocenters. The average Bonchev–Trinajstić information content (AvgIpc) is 2.13. The number of rotatable bonds is 5. The van der Waals surface area contributed by atoms with Gasteiger partial charge in [0.15, 0.2) is 0 Å². The van der Waals surface area contributed by atoms with Gasteiger partial charge in [-0.15, -0.1) is 0 Å². The van der Waals surface area contributed by atoms with Crippen molar-refractivity contribution in [1.82, 2.24) is 5.32 Å². The Morgan fingerprint density at radius 1 is 1.33 bits per heavy atom. The molecule has 0 radical (unpaired) electrons. The van der Waals surface area contributed by atoms with Gasteiger partial charge in [-0.25, -0.2) is 0 Å². The summed E-state index contributed by atoms with van der Waals surface area (Å²) in [4.78, 5) is 0. The minimum absolute atomic E-state index is 0.0991. The van der Waals surface area contributed by atoms with Gasteiger partial charge in [0.25, 0.3) is 0 Å². The second-order valence-corrected chi connectivity index (χ2v) is 4.85. The van der Waals surface area contributed by atoms with E-state index < -0.39 is 0 Å². The Bertz CT molecular complexity index is 174. The number of aliphatic hydroxyl groups is 1. The van der Waals surface area contributed by atoms with Crippen molar-refractivity contribution in [2.75, 3.05) is 13.2 Å². The first-order chi connectivity index (χ1) is 7.12. The molecule has 1 fully saturated rings. The molecule has 0 aromatic carbocycles. The summed E-state index contributed by atoms with van der Waals surface area (Å²) in [5.74, 6) is 0. The van der Waals surface area contributed by atoms with Crippen molar-refractivity contribution in [2.24, 2.45) is 0 Å². The molecule has 2 N–H and O–H groups in total. The van der Waals surface area contributed by atoms with Crippen LogP contribution < -0.4 is 5.32 Å². The lowest BCUT2D eigenvalue weighted by atomic mass is 9.81. The summed E-state index contributed by atoms with van der Waals surface area (Å²) in [6.45, 7) is 7.70. The standard InChI is InChI=1S/C12H25NO2/c1-4-6-13-12(5-7-14)8-10(2)15-11(3)9-12/h10-11,13-14H,4-9H2,1-3H3. The van der Waals surface area contributed by atoms with Crippen molar-refractivity contribution in [1.29, 1.82) is 0 Å². The summed E-state index contributed by atoms with van der Waals surface area (Å²) < 4.78 is 5.75. The highest BCUT2D eigenvalue weighted by molar-refractivity contribution is 4.94. The molecule has 0 aromatic rings. The third kappa shape index (κ3) is 3.74. The van der Waals surface area contributed by atoms with Gasteiger partial charge in [-0.3, -0.25) is 0 Å². The quantitative estimate of drug-likeness (QED) is 0.733. The van der Waals surface area contributed by atoms with Gasteiger partial charge in [0.2, 0.25) is 0 Å². The summed E-state index contributed by atoms with van der Waals surface area (Å²) in [6.07, 6.45) is 4.59. The van der Waals surface area contributed by atoms with E-state index in [0.29, 0.717) is 12.2 Å². The van der Waals surface area contributed by atoms with E-state index in [2.05, 4.69) is 26.1 Å². The van der Waals surface area contributed by atoms with E-state index in [1.54, 1.807) is 0 Å². The molecule has 3 heteroatoms. The van der Waals surface area contributed by atoms with E-state index in [1.165, 1.54) is 0 Å². The van der Waals surface area contributed by atoms with Gasteiger partial charge in [0.05, 0.1) is 12.2 Å². The number of aliphatic hydroxyl groups excluding tert-OH is 1. The molecule has 90 valence electrons. The molecule has 0 aromatic heterocycles. The third-order valence-electron chi connectivity index (χ3n) is 3.16. The van der Waals surface area contributed by atoms with Crippen molar-refractivity contribution in [3.63, 3.8) is 0 Å². The van der Waals surface area contributed by atoms with Crippen LogP contribution >= 0.6 is 0 Å². The highest BCUT2D eigenvalue weighted by Crippen LogP contribution is 2.31. The summed E-state index contributed by atoms with van der Waals surface area (Å²) >= 11 is 0. The Labute approximate surface area is 93.2 Å². The maximum atomic E-state index is 9.17. The molecule has 0 bridgehead atoms. The first-order valence-electron chi connectivity index (χ1n) is 6.13. The highest BCUT2D eigenvalue weighted by atomic mass is 16.5. The SMILES string of the molecule is CCCNC1(CCO)CC(C)OC(C)C1. The van der Waals surface area contributed by atoms with Crippen LogP contribution in [0.2, 0.25) is 0 Å². The second-order valence-electron chi connectivity index (χ2n) is 4.85. The first kappa shape index (κ1) is 12.9. The molecule has 1 aliphatic heterocycles. The minimum atomic E-state index is 0.0991. The topological polar surface area (TPSA) is 41.5 Å². The molecular formula is C12H25NO2. The van der Waals surface area contributed by atoms with Crippen molar-refractivity contribution >= 4 is 0 Å². The van der Waals surface area contributed by atoms with Gasteiger partial charge in [0.1, 0.15) is 0 Å². The van der Waals surface area contributed by atoms with E-state index in [-0.39, 0.29) is 12.1 Å². The van der Waals surface area contributed by atoms with E-state index in [9.17, 15) is 5.11 Å². The lowest BCUT2D eigenvalue weighted by Crippen LogP contribution is -2.54. The molecule has 1 rings (SSSR count). The van der Waals surface area contributed by atoms with Crippen LogP contribution in [0.3, 0.4) is 0 Å². The van der Waals surface area contributed by atoms with Gasteiger partial charge in [-0.2, -0.15) is 0 Å². The molecule has 0 spiro atoms. The molecule has 0 saturated carbocycles. The van der Waals surface area contributed by atoms with Crippen LogP contribution in [0.5, 0.6) is 0 Å². The first-order valence-corrected chi connectivity index (χ1v) is 6.13. The highest BCUT2D eigenvalue weighted by Gasteiger charge is 2.37.